The number of pyridine rings is 1. The van der Waals surface area contributed by atoms with Crippen molar-refractivity contribution < 1.29 is 19.0 Å². The molecule has 0 N–H and O–H groups in total. The van der Waals surface area contributed by atoms with Gasteiger partial charge in [0.2, 0.25) is 11.8 Å². The van der Waals surface area contributed by atoms with Gasteiger partial charge >= 0.3 is 0 Å². The van der Waals surface area contributed by atoms with Gasteiger partial charge in [-0.3, -0.25) is 9.69 Å². The van der Waals surface area contributed by atoms with Crippen LogP contribution in [-0.2, 0) is 24.4 Å². The fourth-order valence-corrected chi connectivity index (χ4v) is 6.30. The molecule has 0 aliphatic carbocycles. The van der Waals surface area contributed by atoms with Gasteiger partial charge in [-0.2, -0.15) is 5.26 Å². The Labute approximate surface area is 323 Å². The maximum absolute atomic E-state index is 13.1. The number of ether oxygens (including phenoxy) is 3. The van der Waals surface area contributed by atoms with Crippen molar-refractivity contribution in [2.45, 2.75) is 46.3 Å². The minimum atomic E-state index is -0.0152. The summed E-state index contributed by atoms with van der Waals surface area (Å²) in [5.41, 5.74) is 7.15. The fraction of sp³-hybridized carbons (Fsp3) is 0.267. The van der Waals surface area contributed by atoms with E-state index in [9.17, 15) is 4.79 Å². The molecule has 276 valence electrons. The summed E-state index contributed by atoms with van der Waals surface area (Å²) >= 11 is 6.60. The Bertz CT molecular complexity index is 2070. The van der Waals surface area contributed by atoms with E-state index in [1.807, 2.05) is 36.1 Å². The first kappa shape index (κ1) is 38.1. The molecule has 1 fully saturated rings. The molecule has 8 nitrogen and oxygen atoms in total. The summed E-state index contributed by atoms with van der Waals surface area (Å²) in [6, 6.07) is 33.6. The summed E-state index contributed by atoms with van der Waals surface area (Å²) in [6.07, 6.45) is 5.88. The molecule has 1 aromatic heterocycles. The molecule has 4 aromatic carbocycles. The van der Waals surface area contributed by atoms with E-state index in [0.717, 1.165) is 48.5 Å². The topological polar surface area (TPSA) is 87.9 Å². The monoisotopic (exact) mass is 740 g/mol. The van der Waals surface area contributed by atoms with Crippen LogP contribution in [0.3, 0.4) is 0 Å². The van der Waals surface area contributed by atoms with Crippen molar-refractivity contribution in [2.75, 3.05) is 32.8 Å². The zero-order valence-corrected chi connectivity index (χ0v) is 31.8. The number of rotatable bonds is 14. The number of carbonyl (C=O) groups is 1. The molecule has 0 atom stereocenters. The van der Waals surface area contributed by atoms with Crippen molar-refractivity contribution in [3.8, 4) is 29.2 Å². The quantitative estimate of drug-likeness (QED) is 0.105. The molecule has 1 aliphatic heterocycles. The summed E-state index contributed by atoms with van der Waals surface area (Å²) < 4.78 is 17.7. The molecule has 0 spiro atoms. The van der Waals surface area contributed by atoms with E-state index in [2.05, 4.69) is 78.3 Å². The second-order valence-corrected chi connectivity index (χ2v) is 14.2. The number of benzene rings is 4. The van der Waals surface area contributed by atoms with Crippen LogP contribution in [0.15, 0.2) is 109 Å². The third-order valence-corrected chi connectivity index (χ3v) is 9.75. The first-order valence-electron chi connectivity index (χ1n) is 18.3. The number of hydrogen-bond donors (Lipinski definition) is 0. The fourth-order valence-electron chi connectivity index (χ4n) is 6.09. The lowest BCUT2D eigenvalue weighted by molar-refractivity contribution is -0.127. The van der Waals surface area contributed by atoms with Crippen LogP contribution in [0.4, 0.5) is 0 Å². The number of nitriles is 1. The molecule has 6 rings (SSSR count). The molecule has 1 amide bonds. The van der Waals surface area contributed by atoms with Gasteiger partial charge in [0.25, 0.3) is 0 Å². The molecule has 0 bridgehead atoms. The summed E-state index contributed by atoms with van der Waals surface area (Å²) in [5, 5.41) is 9.37. The predicted molar refractivity (Wildman–Crippen MR) is 213 cm³/mol. The molecule has 2 heterocycles. The van der Waals surface area contributed by atoms with Crippen molar-refractivity contribution in [3.63, 3.8) is 0 Å². The Hall–Kier alpha value is -5.62. The van der Waals surface area contributed by atoms with Gasteiger partial charge in [0.05, 0.1) is 29.5 Å². The number of halogens is 1. The summed E-state index contributed by atoms with van der Waals surface area (Å²) in [4.78, 5) is 21.7. The predicted octanol–water partition coefficient (Wildman–Crippen LogP) is 9.39. The molecular weight excluding hydrogens is 696 g/mol. The lowest BCUT2D eigenvalue weighted by Crippen LogP contribution is -2.47. The first-order valence-corrected chi connectivity index (χ1v) is 18.7. The Morgan fingerprint density at radius 2 is 1.56 bits per heavy atom. The van der Waals surface area contributed by atoms with Gasteiger partial charge in [-0.1, -0.05) is 74.0 Å². The average Bonchev–Trinajstić information content (AvgIpc) is 3.19. The number of aromatic nitrogens is 1. The maximum Gasteiger partial charge on any atom is 0.246 e. The Morgan fingerprint density at radius 1 is 0.870 bits per heavy atom. The number of piperazine rings is 1. The number of aryl methyl sites for hydroxylation is 1. The number of carbonyl (C=O) groups excluding carboxylic acids is 1. The number of nitrogens with zero attached hydrogens (tertiary/aromatic N) is 4. The lowest BCUT2D eigenvalue weighted by Gasteiger charge is -2.34. The Morgan fingerprint density at radius 3 is 2.22 bits per heavy atom. The van der Waals surface area contributed by atoms with E-state index in [-0.39, 0.29) is 5.91 Å². The molecule has 9 heteroatoms. The largest absolute Gasteiger partial charge is 0.493 e. The summed E-state index contributed by atoms with van der Waals surface area (Å²) in [5.74, 6) is 2.85. The molecule has 0 unspecified atom stereocenters. The third-order valence-electron chi connectivity index (χ3n) is 9.46. The second-order valence-electron chi connectivity index (χ2n) is 13.7. The van der Waals surface area contributed by atoms with Gasteiger partial charge in [0.15, 0.2) is 0 Å². The number of hydrogen-bond acceptors (Lipinski definition) is 7. The van der Waals surface area contributed by atoms with E-state index in [1.54, 1.807) is 42.6 Å². The molecule has 1 aliphatic rings. The zero-order chi connectivity index (χ0) is 37.9. The standard InChI is InChI=1S/C45H45ClN4O4/c1-32(2)38-12-15-40(16-13-38)52-25-20-34-4-8-36(9-5-34)30-49-21-23-50(24-22-49)45(51)19-14-39-27-42(46)43(26-33(39)3)54-44-18-17-41(29-48-44)53-31-37-10-6-35(28-47)7-11-37/h4-19,26-27,29,32H,20-25,30-31H2,1-3H3/b19-14+. The highest BCUT2D eigenvalue weighted by Gasteiger charge is 2.20. The normalized spacial score (nSPS) is 13.2. The van der Waals surface area contributed by atoms with Crippen LogP contribution in [0.25, 0.3) is 6.08 Å². The van der Waals surface area contributed by atoms with E-state index >= 15 is 0 Å². The van der Waals surface area contributed by atoms with Crippen LogP contribution >= 0.6 is 11.6 Å². The Balaban J connectivity index is 0.922. The van der Waals surface area contributed by atoms with Crippen LogP contribution in [-0.4, -0.2) is 53.5 Å². The van der Waals surface area contributed by atoms with Crippen molar-refractivity contribution >= 4 is 23.6 Å². The van der Waals surface area contributed by atoms with Gasteiger partial charge in [-0.15, -0.1) is 0 Å². The third kappa shape index (κ3) is 10.7. The minimum absolute atomic E-state index is 0.0152. The molecule has 0 saturated carbocycles. The van der Waals surface area contributed by atoms with Gasteiger partial charge in [0.1, 0.15) is 23.9 Å². The maximum atomic E-state index is 13.1. The molecule has 5 aromatic rings. The second kappa shape index (κ2) is 18.4. The lowest BCUT2D eigenvalue weighted by atomic mass is 10.0. The molecule has 54 heavy (non-hydrogen) atoms. The van der Waals surface area contributed by atoms with Crippen molar-refractivity contribution in [3.05, 3.63) is 153 Å². The van der Waals surface area contributed by atoms with E-state index in [1.165, 1.54) is 16.7 Å². The van der Waals surface area contributed by atoms with Crippen LogP contribution in [0.2, 0.25) is 5.02 Å². The van der Waals surface area contributed by atoms with Crippen molar-refractivity contribution in [1.29, 1.82) is 5.26 Å². The van der Waals surface area contributed by atoms with Gasteiger partial charge < -0.3 is 19.1 Å². The zero-order valence-electron chi connectivity index (χ0n) is 31.0. The average molecular weight is 741 g/mol. The molecular formula is C45H45ClN4O4. The minimum Gasteiger partial charge on any atom is -0.493 e. The van der Waals surface area contributed by atoms with Crippen LogP contribution in [0.5, 0.6) is 23.1 Å². The van der Waals surface area contributed by atoms with Crippen molar-refractivity contribution in [2.24, 2.45) is 0 Å². The van der Waals surface area contributed by atoms with Gasteiger partial charge in [-0.05, 0) is 94.8 Å². The van der Waals surface area contributed by atoms with E-state index in [4.69, 9.17) is 31.1 Å². The Kier molecular flexibility index (Phi) is 13.0. The molecule has 1 saturated heterocycles. The first-order chi connectivity index (χ1) is 26.2. The van der Waals surface area contributed by atoms with Crippen LogP contribution < -0.4 is 14.2 Å². The van der Waals surface area contributed by atoms with Crippen molar-refractivity contribution in [1.82, 2.24) is 14.8 Å². The van der Waals surface area contributed by atoms with Crippen LogP contribution in [0, 0.1) is 18.3 Å². The van der Waals surface area contributed by atoms with E-state index < -0.39 is 0 Å². The highest BCUT2D eigenvalue weighted by molar-refractivity contribution is 6.32. The summed E-state index contributed by atoms with van der Waals surface area (Å²) in [7, 11) is 0. The van der Waals surface area contributed by atoms with Crippen LogP contribution in [0.1, 0.15) is 58.7 Å². The smallest absolute Gasteiger partial charge is 0.246 e. The number of amides is 1. The van der Waals surface area contributed by atoms with Gasteiger partial charge in [0, 0.05) is 51.3 Å². The van der Waals surface area contributed by atoms with Gasteiger partial charge in [-0.25, -0.2) is 4.98 Å². The molecule has 0 radical (unpaired) electrons. The summed E-state index contributed by atoms with van der Waals surface area (Å²) in [6.45, 7) is 11.2. The highest BCUT2D eigenvalue weighted by Crippen LogP contribution is 2.32. The van der Waals surface area contributed by atoms with E-state index in [0.29, 0.717) is 60.2 Å². The highest BCUT2D eigenvalue weighted by atomic mass is 35.5. The SMILES string of the molecule is Cc1cc(Oc2ccc(OCc3ccc(C#N)cc3)cn2)c(Cl)cc1/C=C/C(=O)N1CCN(Cc2ccc(CCOc3ccc(C(C)C)cc3)cc2)CC1.